The van der Waals surface area contributed by atoms with Crippen LogP contribution < -0.4 is 5.32 Å². The number of nitrogens with one attached hydrogen (secondary N) is 1. The van der Waals surface area contributed by atoms with Crippen molar-refractivity contribution in [1.82, 2.24) is 5.32 Å². The van der Waals surface area contributed by atoms with Crippen molar-refractivity contribution in [3.05, 3.63) is 57.8 Å². The first kappa shape index (κ1) is 11.8. The molecule has 0 aliphatic carbocycles. The van der Waals surface area contributed by atoms with E-state index in [1.54, 1.807) is 6.07 Å². The number of rotatable bonds is 5. The van der Waals surface area contributed by atoms with E-state index in [0.717, 1.165) is 11.4 Å². The fourth-order valence-electron chi connectivity index (χ4n) is 1.51. The molecule has 3 nitrogen and oxygen atoms in total. The SMILES string of the molecule is O=C(O)c1ccc(CNCc2ccccc2)s1. The van der Waals surface area contributed by atoms with E-state index in [9.17, 15) is 4.79 Å². The minimum absolute atomic E-state index is 0.390. The molecule has 0 fully saturated rings. The Morgan fingerprint density at radius 1 is 1.12 bits per heavy atom. The molecule has 0 aliphatic heterocycles. The molecule has 0 saturated carbocycles. The average Bonchev–Trinajstić information content (AvgIpc) is 2.79. The topological polar surface area (TPSA) is 49.3 Å². The lowest BCUT2D eigenvalue weighted by Gasteiger charge is -2.02. The molecule has 0 bridgehead atoms. The Hall–Kier alpha value is -1.65. The maximum absolute atomic E-state index is 10.7. The van der Waals surface area contributed by atoms with Crippen LogP contribution in [0.25, 0.3) is 0 Å². The predicted octanol–water partition coefficient (Wildman–Crippen LogP) is 2.74. The van der Waals surface area contributed by atoms with Gasteiger partial charge >= 0.3 is 5.97 Å². The molecule has 0 unspecified atom stereocenters. The van der Waals surface area contributed by atoms with Crippen LogP contribution in [0.2, 0.25) is 0 Å². The molecule has 88 valence electrons. The highest BCUT2D eigenvalue weighted by molar-refractivity contribution is 7.13. The third-order valence-electron chi connectivity index (χ3n) is 2.34. The molecule has 0 amide bonds. The summed E-state index contributed by atoms with van der Waals surface area (Å²) < 4.78 is 0. The Balaban J connectivity index is 1.84. The predicted molar refractivity (Wildman–Crippen MR) is 68.3 cm³/mol. The normalized spacial score (nSPS) is 10.4. The first-order valence-corrected chi connectivity index (χ1v) is 6.14. The van der Waals surface area contributed by atoms with E-state index in [0.29, 0.717) is 11.4 Å². The summed E-state index contributed by atoms with van der Waals surface area (Å²) >= 11 is 1.31. The summed E-state index contributed by atoms with van der Waals surface area (Å²) in [7, 11) is 0. The minimum atomic E-state index is -0.857. The van der Waals surface area contributed by atoms with Gasteiger partial charge in [0.1, 0.15) is 4.88 Å². The molecule has 0 radical (unpaired) electrons. The summed E-state index contributed by atoms with van der Waals surface area (Å²) in [6.45, 7) is 1.49. The number of hydrogen-bond donors (Lipinski definition) is 2. The summed E-state index contributed by atoms with van der Waals surface area (Å²) in [5, 5.41) is 12.1. The molecular weight excluding hydrogens is 234 g/mol. The fraction of sp³-hybridized carbons (Fsp3) is 0.154. The smallest absolute Gasteiger partial charge is 0.345 e. The number of thiophene rings is 1. The van der Waals surface area contributed by atoms with Crippen LogP contribution in [0, 0.1) is 0 Å². The molecule has 0 spiro atoms. The highest BCUT2D eigenvalue weighted by Crippen LogP contribution is 2.16. The third-order valence-corrected chi connectivity index (χ3v) is 3.42. The summed E-state index contributed by atoms with van der Waals surface area (Å²) in [6.07, 6.45) is 0. The Morgan fingerprint density at radius 3 is 2.53 bits per heavy atom. The van der Waals surface area contributed by atoms with Crippen LogP contribution in [0.1, 0.15) is 20.1 Å². The van der Waals surface area contributed by atoms with Crippen molar-refractivity contribution >= 4 is 17.3 Å². The van der Waals surface area contributed by atoms with Crippen LogP contribution in [0.5, 0.6) is 0 Å². The molecular formula is C13H13NO2S. The van der Waals surface area contributed by atoms with Crippen LogP contribution in [-0.2, 0) is 13.1 Å². The van der Waals surface area contributed by atoms with E-state index >= 15 is 0 Å². The van der Waals surface area contributed by atoms with Crippen molar-refractivity contribution in [1.29, 1.82) is 0 Å². The molecule has 1 heterocycles. The van der Waals surface area contributed by atoms with Crippen LogP contribution in [0.3, 0.4) is 0 Å². The largest absolute Gasteiger partial charge is 0.477 e. The Bertz CT molecular complexity index is 493. The number of carboxylic acids is 1. The highest BCUT2D eigenvalue weighted by Gasteiger charge is 2.06. The molecule has 0 aliphatic rings. The van der Waals surface area contributed by atoms with E-state index in [1.807, 2.05) is 24.3 Å². The first-order chi connectivity index (χ1) is 8.25. The van der Waals surface area contributed by atoms with E-state index in [-0.39, 0.29) is 0 Å². The van der Waals surface area contributed by atoms with Gasteiger partial charge in [0, 0.05) is 18.0 Å². The van der Waals surface area contributed by atoms with Crippen molar-refractivity contribution in [2.45, 2.75) is 13.1 Å². The Morgan fingerprint density at radius 2 is 1.88 bits per heavy atom. The summed E-state index contributed by atoms with van der Waals surface area (Å²) in [5.41, 5.74) is 1.22. The number of hydrogen-bond acceptors (Lipinski definition) is 3. The van der Waals surface area contributed by atoms with E-state index in [1.165, 1.54) is 16.9 Å². The van der Waals surface area contributed by atoms with Crippen LogP contribution in [-0.4, -0.2) is 11.1 Å². The van der Waals surface area contributed by atoms with Gasteiger partial charge in [0.2, 0.25) is 0 Å². The zero-order chi connectivity index (χ0) is 12.1. The Labute approximate surface area is 104 Å². The number of carbonyl (C=O) groups is 1. The monoisotopic (exact) mass is 247 g/mol. The van der Waals surface area contributed by atoms with Crippen LogP contribution in [0.4, 0.5) is 0 Å². The van der Waals surface area contributed by atoms with Gasteiger partial charge in [-0.2, -0.15) is 0 Å². The van der Waals surface area contributed by atoms with Crippen LogP contribution in [0.15, 0.2) is 42.5 Å². The van der Waals surface area contributed by atoms with E-state index in [2.05, 4.69) is 17.4 Å². The standard InChI is InChI=1S/C13H13NO2S/c15-13(16)12-7-6-11(17-12)9-14-8-10-4-2-1-3-5-10/h1-7,14H,8-9H2,(H,15,16). The zero-order valence-electron chi connectivity index (χ0n) is 9.22. The second-order valence-corrected chi connectivity index (χ2v) is 4.83. The van der Waals surface area contributed by atoms with E-state index in [4.69, 9.17) is 5.11 Å². The van der Waals surface area contributed by atoms with Crippen molar-refractivity contribution in [2.24, 2.45) is 0 Å². The molecule has 2 rings (SSSR count). The highest BCUT2D eigenvalue weighted by atomic mass is 32.1. The molecule has 2 N–H and O–H groups in total. The van der Waals surface area contributed by atoms with Gasteiger partial charge in [-0.3, -0.25) is 0 Å². The van der Waals surface area contributed by atoms with Gasteiger partial charge in [-0.05, 0) is 17.7 Å². The van der Waals surface area contributed by atoms with Gasteiger partial charge in [-0.15, -0.1) is 11.3 Å². The molecule has 0 saturated heterocycles. The van der Waals surface area contributed by atoms with Gasteiger partial charge in [-0.1, -0.05) is 30.3 Å². The third kappa shape index (κ3) is 3.41. The maximum atomic E-state index is 10.7. The summed E-state index contributed by atoms with van der Waals surface area (Å²) in [5.74, 6) is -0.857. The lowest BCUT2D eigenvalue weighted by atomic mass is 10.2. The molecule has 1 aromatic carbocycles. The lowest BCUT2D eigenvalue weighted by molar-refractivity contribution is 0.0702. The minimum Gasteiger partial charge on any atom is -0.477 e. The molecule has 0 atom stereocenters. The van der Waals surface area contributed by atoms with E-state index < -0.39 is 5.97 Å². The van der Waals surface area contributed by atoms with Crippen LogP contribution >= 0.6 is 11.3 Å². The lowest BCUT2D eigenvalue weighted by Crippen LogP contribution is -2.11. The second kappa shape index (κ2) is 5.61. The number of benzene rings is 1. The fourth-order valence-corrected chi connectivity index (χ4v) is 2.33. The second-order valence-electron chi connectivity index (χ2n) is 3.66. The molecule has 17 heavy (non-hydrogen) atoms. The van der Waals surface area contributed by atoms with Crippen molar-refractivity contribution < 1.29 is 9.90 Å². The zero-order valence-corrected chi connectivity index (χ0v) is 10.0. The Kier molecular flexibility index (Phi) is 3.90. The maximum Gasteiger partial charge on any atom is 0.345 e. The number of aromatic carboxylic acids is 1. The van der Waals surface area contributed by atoms with Gasteiger partial charge in [-0.25, -0.2) is 4.79 Å². The average molecular weight is 247 g/mol. The van der Waals surface area contributed by atoms with Gasteiger partial charge < -0.3 is 10.4 Å². The van der Waals surface area contributed by atoms with Gasteiger partial charge in [0.25, 0.3) is 0 Å². The van der Waals surface area contributed by atoms with Crippen molar-refractivity contribution in [2.75, 3.05) is 0 Å². The summed E-state index contributed by atoms with van der Waals surface area (Å²) in [4.78, 5) is 12.1. The first-order valence-electron chi connectivity index (χ1n) is 5.32. The molecule has 2 aromatic rings. The number of carboxylic acid groups (broad SMARTS) is 1. The summed E-state index contributed by atoms with van der Waals surface area (Å²) in [6, 6.07) is 13.6. The molecule has 4 heteroatoms. The van der Waals surface area contributed by atoms with Gasteiger partial charge in [0.05, 0.1) is 0 Å². The quantitative estimate of drug-likeness (QED) is 0.854. The molecule has 1 aromatic heterocycles. The van der Waals surface area contributed by atoms with Crippen molar-refractivity contribution in [3.63, 3.8) is 0 Å². The van der Waals surface area contributed by atoms with Gasteiger partial charge in [0.15, 0.2) is 0 Å². The van der Waals surface area contributed by atoms with Crippen molar-refractivity contribution in [3.8, 4) is 0 Å².